The summed E-state index contributed by atoms with van der Waals surface area (Å²) in [6, 6.07) is 2.99. The Labute approximate surface area is 113 Å². The number of hydrogen-bond acceptors (Lipinski definition) is 7. The van der Waals surface area contributed by atoms with Gasteiger partial charge in [0.25, 0.3) is 0 Å². The maximum atomic E-state index is 10.9. The number of nitro groups is 1. The molecule has 2 rings (SSSR count). The fourth-order valence-corrected chi connectivity index (χ4v) is 2.14. The zero-order valence-corrected chi connectivity index (χ0v) is 11.3. The highest BCUT2D eigenvalue weighted by atomic mass is 32.1. The standard InChI is InChI=1S/C11H13N5O2S/c1-7-14-8(6-19-7)5-13-11-9(16(17)18)3-4-10(12-2)15-11/h3-4,6H,5H2,1-2H3,(H2,12,13,15). The third-order valence-electron chi connectivity index (χ3n) is 2.43. The van der Waals surface area contributed by atoms with E-state index in [0.717, 1.165) is 10.7 Å². The number of hydrogen-bond donors (Lipinski definition) is 2. The fraction of sp³-hybridized carbons (Fsp3) is 0.273. The van der Waals surface area contributed by atoms with Crippen molar-refractivity contribution in [3.63, 3.8) is 0 Å². The fourth-order valence-electron chi connectivity index (χ4n) is 1.53. The Morgan fingerprint density at radius 1 is 1.42 bits per heavy atom. The zero-order valence-electron chi connectivity index (χ0n) is 10.5. The molecule has 2 aromatic rings. The van der Waals surface area contributed by atoms with Gasteiger partial charge in [0.1, 0.15) is 5.82 Å². The summed E-state index contributed by atoms with van der Waals surface area (Å²) in [7, 11) is 1.71. The molecule has 0 aromatic carbocycles. The van der Waals surface area contributed by atoms with Gasteiger partial charge in [0, 0.05) is 18.5 Å². The monoisotopic (exact) mass is 279 g/mol. The summed E-state index contributed by atoms with van der Waals surface area (Å²) >= 11 is 1.54. The molecule has 0 aliphatic rings. The van der Waals surface area contributed by atoms with Crippen LogP contribution in [0.2, 0.25) is 0 Å². The van der Waals surface area contributed by atoms with Crippen LogP contribution in [0.4, 0.5) is 17.3 Å². The second kappa shape index (κ2) is 5.61. The van der Waals surface area contributed by atoms with Crippen molar-refractivity contribution in [2.75, 3.05) is 17.7 Å². The number of nitrogens with one attached hydrogen (secondary N) is 2. The van der Waals surface area contributed by atoms with Crippen LogP contribution in [0, 0.1) is 17.0 Å². The molecular weight excluding hydrogens is 266 g/mol. The van der Waals surface area contributed by atoms with Crippen LogP contribution in [0.5, 0.6) is 0 Å². The molecule has 0 aliphatic heterocycles. The van der Waals surface area contributed by atoms with E-state index in [1.165, 1.54) is 17.4 Å². The highest BCUT2D eigenvalue weighted by Gasteiger charge is 2.15. The van der Waals surface area contributed by atoms with Gasteiger partial charge in [-0.15, -0.1) is 11.3 Å². The van der Waals surface area contributed by atoms with Gasteiger partial charge < -0.3 is 10.6 Å². The molecule has 8 heteroatoms. The van der Waals surface area contributed by atoms with Crippen LogP contribution in [0.25, 0.3) is 0 Å². The summed E-state index contributed by atoms with van der Waals surface area (Å²) in [6.07, 6.45) is 0. The minimum absolute atomic E-state index is 0.0500. The lowest BCUT2D eigenvalue weighted by Gasteiger charge is -2.06. The normalized spacial score (nSPS) is 10.2. The molecule has 0 radical (unpaired) electrons. The second-order valence-electron chi connectivity index (χ2n) is 3.78. The molecule has 0 fully saturated rings. The summed E-state index contributed by atoms with van der Waals surface area (Å²) in [5, 5.41) is 19.6. The molecule has 2 aromatic heterocycles. The highest BCUT2D eigenvalue weighted by Crippen LogP contribution is 2.24. The largest absolute Gasteiger partial charge is 0.373 e. The summed E-state index contributed by atoms with van der Waals surface area (Å²) in [5.41, 5.74) is 0.791. The van der Waals surface area contributed by atoms with Crippen LogP contribution in [0.3, 0.4) is 0 Å². The number of thiazole rings is 1. The van der Waals surface area contributed by atoms with E-state index >= 15 is 0 Å². The summed E-state index contributed by atoms with van der Waals surface area (Å²) in [4.78, 5) is 18.9. The average molecular weight is 279 g/mol. The molecule has 100 valence electrons. The molecule has 0 spiro atoms. The molecule has 0 saturated carbocycles. The van der Waals surface area contributed by atoms with Gasteiger partial charge in [0.15, 0.2) is 0 Å². The number of aromatic nitrogens is 2. The molecule has 2 N–H and O–H groups in total. The van der Waals surface area contributed by atoms with Crippen LogP contribution in [0.1, 0.15) is 10.7 Å². The molecule has 0 amide bonds. The van der Waals surface area contributed by atoms with E-state index in [4.69, 9.17) is 0 Å². The van der Waals surface area contributed by atoms with Crippen molar-refractivity contribution < 1.29 is 4.92 Å². The third kappa shape index (κ3) is 3.16. The van der Waals surface area contributed by atoms with Crippen molar-refractivity contribution in [2.45, 2.75) is 13.5 Å². The van der Waals surface area contributed by atoms with Gasteiger partial charge in [-0.2, -0.15) is 0 Å². The van der Waals surface area contributed by atoms with E-state index in [9.17, 15) is 10.1 Å². The molecule has 2 heterocycles. The molecule has 0 unspecified atom stereocenters. The van der Waals surface area contributed by atoms with Crippen molar-refractivity contribution in [3.05, 3.63) is 38.3 Å². The maximum absolute atomic E-state index is 10.9. The predicted octanol–water partition coefficient (Wildman–Crippen LogP) is 2.41. The minimum atomic E-state index is -0.457. The van der Waals surface area contributed by atoms with Crippen molar-refractivity contribution in [1.29, 1.82) is 0 Å². The van der Waals surface area contributed by atoms with E-state index < -0.39 is 4.92 Å². The average Bonchev–Trinajstić information content (AvgIpc) is 2.81. The van der Waals surface area contributed by atoms with Crippen LogP contribution in [0.15, 0.2) is 17.5 Å². The van der Waals surface area contributed by atoms with Crippen molar-refractivity contribution in [2.24, 2.45) is 0 Å². The Balaban J connectivity index is 2.19. The van der Waals surface area contributed by atoms with Crippen LogP contribution in [-0.4, -0.2) is 21.9 Å². The van der Waals surface area contributed by atoms with Gasteiger partial charge in [-0.1, -0.05) is 0 Å². The molecule has 7 nitrogen and oxygen atoms in total. The second-order valence-corrected chi connectivity index (χ2v) is 4.84. The Morgan fingerprint density at radius 3 is 2.79 bits per heavy atom. The first-order valence-corrected chi connectivity index (χ1v) is 6.46. The van der Waals surface area contributed by atoms with Gasteiger partial charge in [-0.3, -0.25) is 10.1 Å². The van der Waals surface area contributed by atoms with E-state index in [-0.39, 0.29) is 11.5 Å². The van der Waals surface area contributed by atoms with E-state index in [0.29, 0.717) is 12.4 Å². The number of nitrogens with zero attached hydrogens (tertiary/aromatic N) is 3. The third-order valence-corrected chi connectivity index (χ3v) is 3.25. The topological polar surface area (TPSA) is 93.0 Å². The first kappa shape index (κ1) is 13.2. The number of pyridine rings is 1. The Kier molecular flexibility index (Phi) is 3.91. The lowest BCUT2D eigenvalue weighted by atomic mass is 10.3. The molecule has 19 heavy (non-hydrogen) atoms. The highest BCUT2D eigenvalue weighted by molar-refractivity contribution is 7.09. The van der Waals surface area contributed by atoms with E-state index in [1.54, 1.807) is 13.1 Å². The first-order chi connectivity index (χ1) is 9.10. The quantitative estimate of drug-likeness (QED) is 0.645. The SMILES string of the molecule is CNc1ccc([N+](=O)[O-])c(NCc2csc(C)n2)n1. The van der Waals surface area contributed by atoms with Gasteiger partial charge in [0.05, 0.1) is 22.2 Å². The Bertz CT molecular complexity index is 599. The smallest absolute Gasteiger partial charge is 0.311 e. The molecule has 0 atom stereocenters. The van der Waals surface area contributed by atoms with E-state index in [1.807, 2.05) is 12.3 Å². The van der Waals surface area contributed by atoms with Gasteiger partial charge in [0.2, 0.25) is 5.82 Å². The van der Waals surface area contributed by atoms with Gasteiger partial charge in [-0.05, 0) is 13.0 Å². The number of aryl methyl sites for hydroxylation is 1. The van der Waals surface area contributed by atoms with Crippen molar-refractivity contribution >= 4 is 28.7 Å². The molecule has 0 bridgehead atoms. The van der Waals surface area contributed by atoms with Crippen LogP contribution in [-0.2, 0) is 6.54 Å². The Hall–Kier alpha value is -2.22. The minimum Gasteiger partial charge on any atom is -0.373 e. The molecular formula is C11H13N5O2S. The maximum Gasteiger partial charge on any atom is 0.311 e. The Morgan fingerprint density at radius 2 is 2.21 bits per heavy atom. The first-order valence-electron chi connectivity index (χ1n) is 5.58. The summed E-state index contributed by atoms with van der Waals surface area (Å²) < 4.78 is 0. The number of anilines is 2. The van der Waals surface area contributed by atoms with Gasteiger partial charge in [-0.25, -0.2) is 9.97 Å². The van der Waals surface area contributed by atoms with Crippen LogP contribution >= 0.6 is 11.3 Å². The lowest BCUT2D eigenvalue weighted by Crippen LogP contribution is -2.06. The van der Waals surface area contributed by atoms with Crippen LogP contribution < -0.4 is 10.6 Å². The van der Waals surface area contributed by atoms with Gasteiger partial charge >= 0.3 is 5.69 Å². The van der Waals surface area contributed by atoms with Crippen molar-refractivity contribution in [1.82, 2.24) is 9.97 Å². The lowest BCUT2D eigenvalue weighted by molar-refractivity contribution is -0.384. The summed E-state index contributed by atoms with van der Waals surface area (Å²) in [6.45, 7) is 2.32. The predicted molar refractivity (Wildman–Crippen MR) is 74.6 cm³/mol. The molecule has 0 aliphatic carbocycles. The molecule has 0 saturated heterocycles. The number of rotatable bonds is 5. The van der Waals surface area contributed by atoms with E-state index in [2.05, 4.69) is 20.6 Å². The summed E-state index contributed by atoms with van der Waals surface area (Å²) in [5.74, 6) is 0.810. The zero-order chi connectivity index (χ0) is 13.8. The van der Waals surface area contributed by atoms with Crippen molar-refractivity contribution in [3.8, 4) is 0 Å².